The quantitative estimate of drug-likeness (QED) is 0.724. The molecule has 26 heavy (non-hydrogen) atoms. The Kier molecular flexibility index (Phi) is 4.20. The van der Waals surface area contributed by atoms with Crippen molar-refractivity contribution in [2.24, 2.45) is 0 Å². The molecule has 5 nitrogen and oxygen atoms in total. The number of halogens is 2. The molecule has 0 spiro atoms. The van der Waals surface area contributed by atoms with Gasteiger partial charge >= 0.3 is 0 Å². The third-order valence-corrected chi connectivity index (χ3v) is 4.45. The number of aromatic nitrogens is 2. The molecule has 132 valence electrons. The Labute approximate surface area is 148 Å². The normalized spacial score (nSPS) is 13.5. The third kappa shape index (κ3) is 3.08. The number of benzene rings is 1. The van der Waals surface area contributed by atoms with Gasteiger partial charge in [0.25, 0.3) is 0 Å². The van der Waals surface area contributed by atoms with Crippen molar-refractivity contribution in [3.8, 4) is 11.3 Å². The molecule has 1 aliphatic rings. The highest BCUT2D eigenvalue weighted by Crippen LogP contribution is 2.31. The zero-order valence-electron chi connectivity index (χ0n) is 13.8. The molecule has 1 aliphatic heterocycles. The van der Waals surface area contributed by atoms with Crippen LogP contribution in [0.1, 0.15) is 16.9 Å². The number of hydrogen-bond acceptors (Lipinski definition) is 4. The van der Waals surface area contributed by atoms with Crippen LogP contribution >= 0.6 is 0 Å². The highest BCUT2D eigenvalue weighted by atomic mass is 19.2. The Hall–Kier alpha value is -3.09. The summed E-state index contributed by atoms with van der Waals surface area (Å²) in [5, 5.41) is 4.00. The van der Waals surface area contributed by atoms with Crippen LogP contribution in [0.5, 0.6) is 0 Å². The number of carbonyl (C=O) groups is 1. The lowest BCUT2D eigenvalue weighted by molar-refractivity contribution is -0.131. The predicted molar refractivity (Wildman–Crippen MR) is 88.9 cm³/mol. The van der Waals surface area contributed by atoms with E-state index in [1.54, 1.807) is 23.4 Å². The molecule has 0 fully saturated rings. The van der Waals surface area contributed by atoms with Gasteiger partial charge in [0.1, 0.15) is 11.5 Å². The molecule has 4 rings (SSSR count). The maximum Gasteiger partial charge on any atom is 0.227 e. The summed E-state index contributed by atoms with van der Waals surface area (Å²) >= 11 is 0. The van der Waals surface area contributed by atoms with Crippen molar-refractivity contribution in [1.82, 2.24) is 15.0 Å². The lowest BCUT2D eigenvalue weighted by Gasteiger charge is -2.26. The average Bonchev–Trinajstić information content (AvgIpc) is 3.08. The zero-order chi connectivity index (χ0) is 18.1. The molecule has 0 saturated carbocycles. The molecule has 0 atom stereocenters. The molecule has 1 aromatic carbocycles. The first-order valence-corrected chi connectivity index (χ1v) is 8.21. The predicted octanol–water partition coefficient (Wildman–Crippen LogP) is 3.14. The van der Waals surface area contributed by atoms with E-state index in [0.29, 0.717) is 36.5 Å². The Morgan fingerprint density at radius 2 is 2.12 bits per heavy atom. The van der Waals surface area contributed by atoms with Crippen LogP contribution in [0, 0.1) is 11.6 Å². The fraction of sp³-hybridized carbons (Fsp3) is 0.211. The van der Waals surface area contributed by atoms with Gasteiger partial charge in [0.2, 0.25) is 5.91 Å². The average molecular weight is 355 g/mol. The van der Waals surface area contributed by atoms with E-state index >= 15 is 0 Å². The van der Waals surface area contributed by atoms with E-state index < -0.39 is 11.6 Å². The van der Waals surface area contributed by atoms with Crippen molar-refractivity contribution in [3.63, 3.8) is 0 Å². The first-order valence-electron chi connectivity index (χ1n) is 8.21. The first kappa shape index (κ1) is 16.4. The Bertz CT molecular complexity index is 957. The number of hydrogen-bond donors (Lipinski definition) is 0. The molecule has 2 aromatic heterocycles. The Morgan fingerprint density at radius 3 is 2.88 bits per heavy atom. The van der Waals surface area contributed by atoms with Gasteiger partial charge in [-0.15, -0.1) is 0 Å². The summed E-state index contributed by atoms with van der Waals surface area (Å²) in [4.78, 5) is 18.3. The fourth-order valence-corrected chi connectivity index (χ4v) is 3.08. The van der Waals surface area contributed by atoms with Gasteiger partial charge < -0.3 is 9.42 Å². The van der Waals surface area contributed by atoms with Gasteiger partial charge in [0.05, 0.1) is 13.0 Å². The largest absolute Gasteiger partial charge is 0.360 e. The third-order valence-electron chi connectivity index (χ3n) is 4.45. The second-order valence-electron chi connectivity index (χ2n) is 6.17. The van der Waals surface area contributed by atoms with Crippen molar-refractivity contribution in [2.45, 2.75) is 19.4 Å². The number of pyridine rings is 1. The van der Waals surface area contributed by atoms with Gasteiger partial charge in [-0.25, -0.2) is 8.78 Å². The van der Waals surface area contributed by atoms with Crippen LogP contribution in [0.15, 0.2) is 47.2 Å². The molecule has 7 heteroatoms. The minimum absolute atomic E-state index is 0.0268. The van der Waals surface area contributed by atoms with Crippen LogP contribution < -0.4 is 0 Å². The van der Waals surface area contributed by atoms with E-state index in [-0.39, 0.29) is 12.3 Å². The van der Waals surface area contributed by atoms with Gasteiger partial charge in [-0.3, -0.25) is 9.78 Å². The minimum atomic E-state index is -0.945. The number of amides is 1. The molecule has 3 heterocycles. The molecule has 0 radical (unpaired) electrons. The van der Waals surface area contributed by atoms with E-state index in [2.05, 4.69) is 10.1 Å². The number of fused-ring (bicyclic) bond motifs is 1. The van der Waals surface area contributed by atoms with Gasteiger partial charge in [0, 0.05) is 36.5 Å². The SMILES string of the molecule is O=C(Cc1cccnc1)N1CCc2onc(-c3ccc(F)c(F)c3)c2C1. The molecule has 0 saturated heterocycles. The van der Waals surface area contributed by atoms with Crippen molar-refractivity contribution < 1.29 is 18.1 Å². The highest BCUT2D eigenvalue weighted by molar-refractivity contribution is 5.79. The van der Waals surface area contributed by atoms with Crippen molar-refractivity contribution in [1.29, 1.82) is 0 Å². The van der Waals surface area contributed by atoms with Gasteiger partial charge in [-0.2, -0.15) is 0 Å². The second kappa shape index (κ2) is 6.67. The fourth-order valence-electron chi connectivity index (χ4n) is 3.08. The summed E-state index contributed by atoms with van der Waals surface area (Å²) in [6, 6.07) is 7.24. The summed E-state index contributed by atoms with van der Waals surface area (Å²) in [5.74, 6) is -1.21. The molecule has 0 bridgehead atoms. The lowest BCUT2D eigenvalue weighted by Crippen LogP contribution is -2.36. The van der Waals surface area contributed by atoms with Gasteiger partial charge in [-0.1, -0.05) is 11.2 Å². The van der Waals surface area contributed by atoms with Crippen LogP contribution in [0.2, 0.25) is 0 Å². The van der Waals surface area contributed by atoms with E-state index in [1.807, 2.05) is 6.07 Å². The second-order valence-corrected chi connectivity index (χ2v) is 6.17. The number of nitrogens with zero attached hydrogens (tertiary/aromatic N) is 3. The monoisotopic (exact) mass is 355 g/mol. The lowest BCUT2D eigenvalue weighted by atomic mass is 10.0. The van der Waals surface area contributed by atoms with E-state index in [1.165, 1.54) is 6.07 Å². The summed E-state index contributed by atoms with van der Waals surface area (Å²) < 4.78 is 32.1. The summed E-state index contributed by atoms with van der Waals surface area (Å²) in [5.41, 5.74) is 2.45. The van der Waals surface area contributed by atoms with Crippen LogP contribution in [-0.2, 0) is 24.2 Å². The Morgan fingerprint density at radius 1 is 1.23 bits per heavy atom. The molecule has 3 aromatic rings. The minimum Gasteiger partial charge on any atom is -0.360 e. The molecule has 0 unspecified atom stereocenters. The smallest absolute Gasteiger partial charge is 0.227 e. The zero-order valence-corrected chi connectivity index (χ0v) is 13.8. The summed E-state index contributed by atoms with van der Waals surface area (Å²) in [6.45, 7) is 0.852. The number of carbonyl (C=O) groups excluding carboxylic acids is 1. The molecule has 0 aliphatic carbocycles. The van der Waals surface area contributed by atoms with Crippen LogP contribution in [0.4, 0.5) is 8.78 Å². The van der Waals surface area contributed by atoms with E-state index in [4.69, 9.17) is 4.52 Å². The highest BCUT2D eigenvalue weighted by Gasteiger charge is 2.27. The van der Waals surface area contributed by atoms with Gasteiger partial charge in [0.15, 0.2) is 11.6 Å². The van der Waals surface area contributed by atoms with Crippen molar-refractivity contribution in [2.75, 3.05) is 6.54 Å². The first-order chi connectivity index (χ1) is 12.6. The topological polar surface area (TPSA) is 59.2 Å². The van der Waals surface area contributed by atoms with E-state index in [0.717, 1.165) is 23.3 Å². The van der Waals surface area contributed by atoms with Crippen molar-refractivity contribution >= 4 is 5.91 Å². The van der Waals surface area contributed by atoms with Crippen molar-refractivity contribution in [3.05, 3.63) is 71.2 Å². The molecular formula is C19H15F2N3O2. The standard InChI is InChI=1S/C19H15F2N3O2/c20-15-4-3-13(9-16(15)21)19-14-11-24(7-5-17(14)26-23-19)18(25)8-12-2-1-6-22-10-12/h1-4,6,9-10H,5,7-8,11H2. The maximum absolute atomic E-state index is 13.5. The summed E-state index contributed by atoms with van der Waals surface area (Å²) in [6.07, 6.45) is 4.12. The van der Waals surface area contributed by atoms with Crippen LogP contribution in [-0.4, -0.2) is 27.5 Å². The Balaban J connectivity index is 1.57. The summed E-state index contributed by atoms with van der Waals surface area (Å²) in [7, 11) is 0. The number of rotatable bonds is 3. The van der Waals surface area contributed by atoms with Crippen LogP contribution in [0.25, 0.3) is 11.3 Å². The molecule has 0 N–H and O–H groups in total. The molecular weight excluding hydrogens is 340 g/mol. The van der Waals surface area contributed by atoms with Gasteiger partial charge in [-0.05, 0) is 29.8 Å². The van der Waals surface area contributed by atoms with E-state index in [9.17, 15) is 13.6 Å². The van der Waals surface area contributed by atoms with Crippen LogP contribution in [0.3, 0.4) is 0 Å². The molecule has 1 amide bonds. The maximum atomic E-state index is 13.5.